The fourth-order valence-corrected chi connectivity index (χ4v) is 2.99. The van der Waals surface area contributed by atoms with E-state index in [9.17, 15) is 8.42 Å². The predicted octanol–water partition coefficient (Wildman–Crippen LogP) is 2.89. The average molecular weight is 274 g/mol. The number of halogens is 1. The van der Waals surface area contributed by atoms with E-state index in [4.69, 9.17) is 11.6 Å². The Hall–Kier alpha value is -0.840. The van der Waals surface area contributed by atoms with Crippen molar-refractivity contribution in [3.05, 3.63) is 40.9 Å². The maximum atomic E-state index is 11.9. The fourth-order valence-electron chi connectivity index (χ4n) is 1.34. The molecular formula is C12H16ClNO2S. The number of nitrogens with one attached hydrogen (secondary N) is 1. The van der Waals surface area contributed by atoms with Crippen molar-refractivity contribution >= 4 is 21.6 Å². The fraction of sp³-hybridized carbons (Fsp3) is 0.333. The molecule has 1 rings (SSSR count). The molecule has 17 heavy (non-hydrogen) atoms. The van der Waals surface area contributed by atoms with Gasteiger partial charge in [-0.15, -0.1) is 0 Å². The minimum atomic E-state index is -3.50. The molecule has 1 N–H and O–H groups in total. The Balaban J connectivity index is 2.82. The van der Waals surface area contributed by atoms with Crippen LogP contribution in [-0.4, -0.2) is 15.0 Å². The van der Waals surface area contributed by atoms with Gasteiger partial charge in [0.05, 0.1) is 5.02 Å². The van der Waals surface area contributed by atoms with Crippen LogP contribution >= 0.6 is 11.6 Å². The van der Waals surface area contributed by atoms with Crippen molar-refractivity contribution in [3.8, 4) is 0 Å². The molecule has 0 atom stereocenters. The van der Waals surface area contributed by atoms with Crippen molar-refractivity contribution in [2.45, 2.75) is 25.2 Å². The Bertz CT molecular complexity index is 509. The van der Waals surface area contributed by atoms with Gasteiger partial charge in [-0.3, -0.25) is 0 Å². The van der Waals surface area contributed by atoms with Gasteiger partial charge in [-0.25, -0.2) is 13.1 Å². The van der Waals surface area contributed by atoms with Crippen LogP contribution in [0.1, 0.15) is 18.9 Å². The van der Waals surface area contributed by atoms with Crippen molar-refractivity contribution in [2.24, 2.45) is 0 Å². The van der Waals surface area contributed by atoms with E-state index in [1.807, 2.05) is 26.0 Å². The lowest BCUT2D eigenvalue weighted by molar-refractivity contribution is 0.582. The first-order chi connectivity index (χ1) is 7.97. The number of aryl methyl sites for hydroxylation is 1. The Morgan fingerprint density at radius 3 is 2.71 bits per heavy atom. The maximum absolute atomic E-state index is 11.9. The van der Waals surface area contributed by atoms with Crippen LogP contribution in [0.2, 0.25) is 5.02 Å². The van der Waals surface area contributed by atoms with Crippen LogP contribution in [0.3, 0.4) is 0 Å². The van der Waals surface area contributed by atoms with Crippen LogP contribution in [0.5, 0.6) is 0 Å². The summed E-state index contributed by atoms with van der Waals surface area (Å²) in [5, 5.41) is 0.253. The minimum absolute atomic E-state index is 0.130. The predicted molar refractivity (Wildman–Crippen MR) is 70.8 cm³/mol. The molecule has 5 heteroatoms. The quantitative estimate of drug-likeness (QED) is 0.662. The maximum Gasteiger partial charge on any atom is 0.242 e. The molecule has 0 saturated carbocycles. The van der Waals surface area contributed by atoms with Gasteiger partial charge >= 0.3 is 0 Å². The largest absolute Gasteiger partial charge is 0.242 e. The van der Waals surface area contributed by atoms with Gasteiger partial charge in [0, 0.05) is 6.54 Å². The van der Waals surface area contributed by atoms with Gasteiger partial charge in [-0.1, -0.05) is 29.8 Å². The number of sulfonamides is 1. The normalized spacial score (nSPS) is 12.2. The molecule has 94 valence electrons. The SMILES string of the molecule is C/C=C/CCNS(=O)(=O)c1ccc(C)cc1Cl. The van der Waals surface area contributed by atoms with Gasteiger partial charge < -0.3 is 0 Å². The van der Waals surface area contributed by atoms with E-state index in [2.05, 4.69) is 4.72 Å². The summed E-state index contributed by atoms with van der Waals surface area (Å²) < 4.78 is 26.3. The van der Waals surface area contributed by atoms with Crippen LogP contribution < -0.4 is 4.72 Å². The molecule has 0 saturated heterocycles. The Morgan fingerprint density at radius 2 is 2.12 bits per heavy atom. The molecule has 0 aliphatic rings. The molecule has 1 aromatic rings. The third-order valence-corrected chi connectivity index (χ3v) is 4.16. The Labute approximate surface area is 108 Å². The lowest BCUT2D eigenvalue weighted by Crippen LogP contribution is -2.24. The molecule has 0 amide bonds. The summed E-state index contributed by atoms with van der Waals surface area (Å²) in [6.07, 6.45) is 4.45. The summed E-state index contributed by atoms with van der Waals surface area (Å²) in [7, 11) is -3.50. The van der Waals surface area contributed by atoms with Gasteiger partial charge in [0.25, 0.3) is 0 Å². The number of benzene rings is 1. The average Bonchev–Trinajstić information content (AvgIpc) is 2.24. The highest BCUT2D eigenvalue weighted by molar-refractivity contribution is 7.89. The highest BCUT2D eigenvalue weighted by Gasteiger charge is 2.16. The molecule has 0 spiro atoms. The van der Waals surface area contributed by atoms with Crippen molar-refractivity contribution in [3.63, 3.8) is 0 Å². The molecule has 0 aliphatic carbocycles. The lowest BCUT2D eigenvalue weighted by atomic mass is 10.2. The van der Waals surface area contributed by atoms with E-state index in [1.54, 1.807) is 12.1 Å². The van der Waals surface area contributed by atoms with Crippen LogP contribution in [0.4, 0.5) is 0 Å². The standard InChI is InChI=1S/C12H16ClNO2S/c1-3-4-5-8-14-17(15,16)12-7-6-10(2)9-11(12)13/h3-4,6-7,9,14H,5,8H2,1-2H3/b4-3+. The summed E-state index contributed by atoms with van der Waals surface area (Å²) >= 11 is 5.92. The Kier molecular flexibility index (Phi) is 5.18. The van der Waals surface area contributed by atoms with Crippen molar-refractivity contribution in [1.29, 1.82) is 0 Å². The molecule has 0 heterocycles. The van der Waals surface area contributed by atoms with E-state index in [-0.39, 0.29) is 9.92 Å². The third kappa shape index (κ3) is 4.15. The van der Waals surface area contributed by atoms with Crippen molar-refractivity contribution in [1.82, 2.24) is 4.72 Å². The number of hydrogen-bond acceptors (Lipinski definition) is 2. The van der Waals surface area contributed by atoms with Crippen molar-refractivity contribution in [2.75, 3.05) is 6.54 Å². The summed E-state index contributed by atoms with van der Waals surface area (Å²) in [4.78, 5) is 0.130. The molecule has 0 fully saturated rings. The van der Waals surface area contributed by atoms with Crippen LogP contribution in [0.15, 0.2) is 35.2 Å². The highest BCUT2D eigenvalue weighted by Crippen LogP contribution is 2.22. The van der Waals surface area contributed by atoms with Crippen LogP contribution in [0.25, 0.3) is 0 Å². The monoisotopic (exact) mass is 273 g/mol. The molecule has 1 aromatic carbocycles. The lowest BCUT2D eigenvalue weighted by Gasteiger charge is -2.07. The minimum Gasteiger partial charge on any atom is -0.211 e. The van der Waals surface area contributed by atoms with Crippen LogP contribution in [-0.2, 0) is 10.0 Å². The van der Waals surface area contributed by atoms with Crippen molar-refractivity contribution < 1.29 is 8.42 Å². The van der Waals surface area contributed by atoms with E-state index in [0.29, 0.717) is 13.0 Å². The zero-order chi connectivity index (χ0) is 12.9. The summed E-state index contributed by atoms with van der Waals surface area (Å²) in [6.45, 7) is 4.13. The molecule has 0 aromatic heterocycles. The molecule has 0 unspecified atom stereocenters. The van der Waals surface area contributed by atoms with Gasteiger partial charge in [0.2, 0.25) is 10.0 Å². The summed E-state index contributed by atoms with van der Waals surface area (Å²) in [6, 6.07) is 4.89. The Morgan fingerprint density at radius 1 is 1.41 bits per heavy atom. The topological polar surface area (TPSA) is 46.2 Å². The van der Waals surface area contributed by atoms with Crippen LogP contribution in [0, 0.1) is 6.92 Å². The van der Waals surface area contributed by atoms with E-state index >= 15 is 0 Å². The van der Waals surface area contributed by atoms with E-state index in [1.165, 1.54) is 6.07 Å². The first kappa shape index (κ1) is 14.2. The summed E-state index contributed by atoms with van der Waals surface area (Å²) in [5.41, 5.74) is 0.933. The molecule has 0 bridgehead atoms. The smallest absolute Gasteiger partial charge is 0.211 e. The zero-order valence-corrected chi connectivity index (χ0v) is 11.5. The number of rotatable bonds is 5. The summed E-state index contributed by atoms with van der Waals surface area (Å²) in [5.74, 6) is 0. The highest BCUT2D eigenvalue weighted by atomic mass is 35.5. The van der Waals surface area contributed by atoms with Gasteiger partial charge in [-0.05, 0) is 38.0 Å². The second-order valence-electron chi connectivity index (χ2n) is 3.69. The van der Waals surface area contributed by atoms with E-state index in [0.717, 1.165) is 5.56 Å². The van der Waals surface area contributed by atoms with Gasteiger partial charge in [0.15, 0.2) is 0 Å². The first-order valence-corrected chi connectivity index (χ1v) is 7.20. The zero-order valence-electron chi connectivity index (χ0n) is 9.90. The van der Waals surface area contributed by atoms with Gasteiger partial charge in [-0.2, -0.15) is 0 Å². The molecule has 0 aliphatic heterocycles. The second kappa shape index (κ2) is 6.19. The molecule has 0 radical (unpaired) electrons. The third-order valence-electron chi connectivity index (χ3n) is 2.22. The van der Waals surface area contributed by atoms with E-state index < -0.39 is 10.0 Å². The van der Waals surface area contributed by atoms with Gasteiger partial charge in [0.1, 0.15) is 4.90 Å². The molecule has 3 nitrogen and oxygen atoms in total. The molecular weight excluding hydrogens is 258 g/mol. The number of hydrogen-bond donors (Lipinski definition) is 1. The first-order valence-electron chi connectivity index (χ1n) is 5.34. The second-order valence-corrected chi connectivity index (χ2v) is 5.83. The number of allylic oxidation sites excluding steroid dienone is 1.